The van der Waals surface area contributed by atoms with Crippen molar-refractivity contribution in [2.75, 3.05) is 6.54 Å². The van der Waals surface area contributed by atoms with Crippen LogP contribution in [-0.4, -0.2) is 17.5 Å². The van der Waals surface area contributed by atoms with Gasteiger partial charge in [-0.05, 0) is 45.0 Å². The Labute approximate surface area is 112 Å². The zero-order valence-electron chi connectivity index (χ0n) is 11.9. The molecule has 0 amide bonds. The Morgan fingerprint density at radius 1 is 1.44 bits per heavy atom. The number of allylic oxidation sites excluding steroid dienone is 5. The molecule has 0 aromatic heterocycles. The summed E-state index contributed by atoms with van der Waals surface area (Å²) >= 11 is 0. The van der Waals surface area contributed by atoms with Gasteiger partial charge in [-0.1, -0.05) is 37.1 Å². The molecule has 1 aliphatic rings. The smallest absolute Gasteiger partial charge is 0.0444 e. The van der Waals surface area contributed by atoms with Crippen molar-refractivity contribution >= 4 is 0 Å². The van der Waals surface area contributed by atoms with E-state index in [1.807, 2.05) is 6.08 Å². The van der Waals surface area contributed by atoms with Gasteiger partial charge in [0.2, 0.25) is 0 Å². The van der Waals surface area contributed by atoms with Crippen molar-refractivity contribution in [3.63, 3.8) is 0 Å². The summed E-state index contributed by atoms with van der Waals surface area (Å²) in [5, 5.41) is 0. The van der Waals surface area contributed by atoms with Gasteiger partial charge in [0.25, 0.3) is 0 Å². The van der Waals surface area contributed by atoms with Crippen LogP contribution in [0, 0.1) is 0 Å². The fraction of sp³-hybridized carbons (Fsp3) is 0.500. The molecule has 18 heavy (non-hydrogen) atoms. The predicted octanol–water partition coefficient (Wildman–Crippen LogP) is 3.74. The van der Waals surface area contributed by atoms with E-state index in [9.17, 15) is 0 Å². The molecule has 0 saturated carbocycles. The van der Waals surface area contributed by atoms with Gasteiger partial charge in [0.1, 0.15) is 0 Å². The highest BCUT2D eigenvalue weighted by Gasteiger charge is 2.13. The molecule has 100 valence electrons. The lowest BCUT2D eigenvalue weighted by Gasteiger charge is -2.32. The van der Waals surface area contributed by atoms with Crippen LogP contribution in [0.15, 0.2) is 47.9 Å². The molecule has 1 aliphatic heterocycles. The highest BCUT2D eigenvalue weighted by atomic mass is 15.2. The third kappa shape index (κ3) is 4.44. The van der Waals surface area contributed by atoms with E-state index in [1.54, 1.807) is 6.20 Å². The maximum Gasteiger partial charge on any atom is 0.0444 e. The Morgan fingerprint density at radius 2 is 2.22 bits per heavy atom. The second-order valence-corrected chi connectivity index (χ2v) is 4.84. The van der Waals surface area contributed by atoms with Crippen molar-refractivity contribution in [2.24, 2.45) is 5.73 Å². The van der Waals surface area contributed by atoms with E-state index in [1.165, 1.54) is 17.7 Å². The first-order chi connectivity index (χ1) is 8.69. The SMILES string of the molecule is CCC/C(=C\C=C/N)CCN1C(C)=CC=CC1C. The molecule has 1 atom stereocenters. The molecule has 0 saturated heterocycles. The zero-order valence-corrected chi connectivity index (χ0v) is 11.9. The number of hydrogen-bond acceptors (Lipinski definition) is 2. The average molecular weight is 246 g/mol. The molecule has 0 radical (unpaired) electrons. The fourth-order valence-electron chi connectivity index (χ4n) is 2.32. The molecule has 2 heteroatoms. The third-order valence-corrected chi connectivity index (χ3v) is 3.36. The van der Waals surface area contributed by atoms with Gasteiger partial charge < -0.3 is 10.6 Å². The predicted molar refractivity (Wildman–Crippen MR) is 80.0 cm³/mol. The molecule has 0 bridgehead atoms. The normalized spacial score (nSPS) is 20.6. The summed E-state index contributed by atoms with van der Waals surface area (Å²) in [5.41, 5.74) is 8.24. The van der Waals surface area contributed by atoms with Gasteiger partial charge in [-0.3, -0.25) is 0 Å². The first-order valence-electron chi connectivity index (χ1n) is 6.87. The Balaban J connectivity index is 2.56. The molecule has 0 aliphatic carbocycles. The molecule has 0 fully saturated rings. The highest BCUT2D eigenvalue weighted by molar-refractivity contribution is 5.20. The Morgan fingerprint density at radius 3 is 2.83 bits per heavy atom. The number of nitrogens with zero attached hydrogens (tertiary/aromatic N) is 1. The van der Waals surface area contributed by atoms with E-state index in [2.05, 4.69) is 50.0 Å². The van der Waals surface area contributed by atoms with Gasteiger partial charge in [0.15, 0.2) is 0 Å². The van der Waals surface area contributed by atoms with E-state index >= 15 is 0 Å². The van der Waals surface area contributed by atoms with Crippen LogP contribution in [0.3, 0.4) is 0 Å². The van der Waals surface area contributed by atoms with E-state index in [4.69, 9.17) is 5.73 Å². The largest absolute Gasteiger partial charge is 0.405 e. The summed E-state index contributed by atoms with van der Waals surface area (Å²) in [6.07, 6.45) is 15.7. The van der Waals surface area contributed by atoms with Crippen LogP contribution in [0.4, 0.5) is 0 Å². The monoisotopic (exact) mass is 246 g/mol. The van der Waals surface area contributed by atoms with Gasteiger partial charge in [0, 0.05) is 18.3 Å². The maximum absolute atomic E-state index is 5.40. The van der Waals surface area contributed by atoms with Gasteiger partial charge in [-0.15, -0.1) is 0 Å². The molecule has 0 aromatic rings. The van der Waals surface area contributed by atoms with Gasteiger partial charge in [-0.25, -0.2) is 0 Å². The molecule has 2 N–H and O–H groups in total. The van der Waals surface area contributed by atoms with Crippen molar-refractivity contribution < 1.29 is 0 Å². The van der Waals surface area contributed by atoms with Crippen LogP contribution >= 0.6 is 0 Å². The number of hydrogen-bond donors (Lipinski definition) is 1. The Kier molecular flexibility index (Phi) is 6.34. The molecule has 1 rings (SSSR count). The molecule has 2 nitrogen and oxygen atoms in total. The summed E-state index contributed by atoms with van der Waals surface area (Å²) in [6.45, 7) is 7.73. The Hall–Kier alpha value is -1.44. The van der Waals surface area contributed by atoms with Gasteiger partial charge >= 0.3 is 0 Å². The molecule has 1 heterocycles. The van der Waals surface area contributed by atoms with Gasteiger partial charge in [-0.2, -0.15) is 0 Å². The summed E-state index contributed by atoms with van der Waals surface area (Å²) in [6, 6.07) is 0.503. The summed E-state index contributed by atoms with van der Waals surface area (Å²) in [5.74, 6) is 0. The molecular formula is C16H26N2. The molecule has 0 aromatic carbocycles. The first-order valence-corrected chi connectivity index (χ1v) is 6.87. The first kappa shape index (κ1) is 14.6. The fourth-order valence-corrected chi connectivity index (χ4v) is 2.32. The van der Waals surface area contributed by atoms with Crippen LogP contribution in [0.5, 0.6) is 0 Å². The quantitative estimate of drug-likeness (QED) is 0.723. The standard InChI is InChI=1S/C16H26N2/c1-4-7-16(10-6-12-17)11-13-18-14(2)8-5-9-15(18)3/h5-6,8-10,12,14H,4,7,11,13,17H2,1-3H3/b12-6-,16-10+. The summed E-state index contributed by atoms with van der Waals surface area (Å²) in [7, 11) is 0. The van der Waals surface area contributed by atoms with E-state index in [-0.39, 0.29) is 0 Å². The number of nitrogens with two attached hydrogens (primary N) is 1. The lowest BCUT2D eigenvalue weighted by atomic mass is 10.0. The molecule has 1 unspecified atom stereocenters. The van der Waals surface area contributed by atoms with Crippen molar-refractivity contribution in [1.82, 2.24) is 4.90 Å². The summed E-state index contributed by atoms with van der Waals surface area (Å²) < 4.78 is 0. The third-order valence-electron chi connectivity index (χ3n) is 3.36. The van der Waals surface area contributed by atoms with Crippen LogP contribution in [0.25, 0.3) is 0 Å². The lowest BCUT2D eigenvalue weighted by Crippen LogP contribution is -2.32. The van der Waals surface area contributed by atoms with Crippen LogP contribution < -0.4 is 5.73 Å². The second kappa shape index (κ2) is 7.80. The van der Waals surface area contributed by atoms with Crippen molar-refractivity contribution in [2.45, 2.75) is 46.1 Å². The van der Waals surface area contributed by atoms with Crippen molar-refractivity contribution in [3.8, 4) is 0 Å². The van der Waals surface area contributed by atoms with Gasteiger partial charge in [0.05, 0.1) is 0 Å². The summed E-state index contributed by atoms with van der Waals surface area (Å²) in [4.78, 5) is 2.45. The minimum atomic E-state index is 0.503. The number of rotatable bonds is 6. The minimum absolute atomic E-state index is 0.503. The minimum Gasteiger partial charge on any atom is -0.405 e. The van der Waals surface area contributed by atoms with Crippen molar-refractivity contribution in [3.05, 3.63) is 47.9 Å². The topological polar surface area (TPSA) is 29.3 Å². The van der Waals surface area contributed by atoms with Crippen LogP contribution in [0.1, 0.15) is 40.0 Å². The van der Waals surface area contributed by atoms with E-state index in [0.29, 0.717) is 6.04 Å². The van der Waals surface area contributed by atoms with E-state index < -0.39 is 0 Å². The maximum atomic E-state index is 5.40. The van der Waals surface area contributed by atoms with E-state index in [0.717, 1.165) is 19.4 Å². The van der Waals surface area contributed by atoms with Crippen LogP contribution in [0.2, 0.25) is 0 Å². The molecule has 0 spiro atoms. The second-order valence-electron chi connectivity index (χ2n) is 4.84. The van der Waals surface area contributed by atoms with Crippen LogP contribution in [-0.2, 0) is 0 Å². The average Bonchev–Trinajstić information content (AvgIpc) is 2.35. The highest BCUT2D eigenvalue weighted by Crippen LogP contribution is 2.19. The Bertz CT molecular complexity index is 361. The lowest BCUT2D eigenvalue weighted by molar-refractivity contribution is 0.306. The molecular weight excluding hydrogens is 220 g/mol. The zero-order chi connectivity index (χ0) is 13.4. The van der Waals surface area contributed by atoms with Crippen molar-refractivity contribution in [1.29, 1.82) is 0 Å².